The van der Waals surface area contributed by atoms with Crippen LogP contribution >= 0.6 is 0 Å². The van der Waals surface area contributed by atoms with E-state index >= 15 is 0 Å². The van der Waals surface area contributed by atoms with Crippen LogP contribution in [0.1, 0.15) is 39.2 Å². The Balaban J connectivity index is 2.00. The molecule has 0 saturated heterocycles. The van der Waals surface area contributed by atoms with E-state index in [-0.39, 0.29) is 22.7 Å². The summed E-state index contributed by atoms with van der Waals surface area (Å²) in [7, 11) is -3.67. The monoisotopic (exact) mass is 381 g/mol. The van der Waals surface area contributed by atoms with Gasteiger partial charge in [0.15, 0.2) is 6.61 Å². The molecule has 0 bridgehead atoms. The third-order valence-corrected chi connectivity index (χ3v) is 5.42. The topological polar surface area (TPSA) is 114 Å². The molecule has 0 aliphatic carbocycles. The Morgan fingerprint density at radius 2 is 1.88 bits per heavy atom. The molecule has 1 aliphatic rings. The van der Waals surface area contributed by atoms with Crippen molar-refractivity contribution in [3.8, 4) is 0 Å². The number of fused-ring (bicyclic) bond motifs is 1. The van der Waals surface area contributed by atoms with Crippen LogP contribution in [-0.4, -0.2) is 44.8 Å². The van der Waals surface area contributed by atoms with E-state index in [0.717, 1.165) is 12.8 Å². The molecule has 0 aromatic heterocycles. The van der Waals surface area contributed by atoms with Gasteiger partial charge in [-0.3, -0.25) is 14.5 Å². The molecule has 0 fully saturated rings. The third kappa shape index (κ3) is 4.60. The lowest BCUT2D eigenvalue weighted by molar-refractivity contribution is -0.149. The number of aliphatic imine (C=N–C) groups is 1. The molecule has 0 saturated carbocycles. The Labute approximate surface area is 153 Å². The van der Waals surface area contributed by atoms with E-state index in [4.69, 9.17) is 4.74 Å². The van der Waals surface area contributed by atoms with Gasteiger partial charge in [0.25, 0.3) is 15.9 Å². The molecule has 26 heavy (non-hydrogen) atoms. The van der Waals surface area contributed by atoms with E-state index in [0.29, 0.717) is 5.56 Å². The van der Waals surface area contributed by atoms with Crippen LogP contribution < -0.4 is 10.0 Å². The van der Waals surface area contributed by atoms with Crippen LogP contribution in [0.25, 0.3) is 0 Å². The lowest BCUT2D eigenvalue weighted by Gasteiger charge is -2.15. The normalized spacial score (nSPS) is 17.5. The first-order chi connectivity index (χ1) is 12.3. The number of amidine groups is 1. The van der Waals surface area contributed by atoms with Crippen molar-refractivity contribution in [2.45, 2.75) is 50.6 Å². The fourth-order valence-electron chi connectivity index (χ4n) is 2.50. The number of rotatable bonds is 7. The first-order valence-corrected chi connectivity index (χ1v) is 9.92. The second-order valence-corrected chi connectivity index (χ2v) is 7.59. The average Bonchev–Trinajstić information content (AvgIpc) is 2.88. The Kier molecular flexibility index (Phi) is 6.36. The minimum absolute atomic E-state index is 0.0447. The summed E-state index contributed by atoms with van der Waals surface area (Å²) >= 11 is 0. The zero-order valence-electron chi connectivity index (χ0n) is 15.0. The first kappa shape index (κ1) is 19.9. The first-order valence-electron chi connectivity index (χ1n) is 8.44. The highest BCUT2D eigenvalue weighted by atomic mass is 32.2. The van der Waals surface area contributed by atoms with Crippen molar-refractivity contribution >= 4 is 27.7 Å². The molecule has 8 nitrogen and oxygen atoms in total. The van der Waals surface area contributed by atoms with Gasteiger partial charge in [0.05, 0.1) is 4.90 Å². The van der Waals surface area contributed by atoms with E-state index in [9.17, 15) is 18.0 Å². The lowest BCUT2D eigenvalue weighted by atomic mass is 10.2. The summed E-state index contributed by atoms with van der Waals surface area (Å²) in [6, 6.07) is 5.44. The number of nitrogens with one attached hydrogen (secondary N) is 2. The number of ether oxygens (including phenoxy) is 1. The maximum Gasteiger partial charge on any atom is 0.331 e. The van der Waals surface area contributed by atoms with Crippen molar-refractivity contribution in [3.63, 3.8) is 0 Å². The molecule has 1 unspecified atom stereocenters. The van der Waals surface area contributed by atoms with Crippen LogP contribution in [-0.2, 0) is 24.3 Å². The maximum atomic E-state index is 12.0. The molecule has 1 aromatic carbocycles. The summed E-state index contributed by atoms with van der Waals surface area (Å²) in [5.74, 6) is -0.994. The number of esters is 1. The Morgan fingerprint density at radius 1 is 1.23 bits per heavy atom. The van der Waals surface area contributed by atoms with Gasteiger partial charge in [0.2, 0.25) is 0 Å². The van der Waals surface area contributed by atoms with Crippen LogP contribution in [0.3, 0.4) is 0 Å². The van der Waals surface area contributed by atoms with Crippen LogP contribution in [0, 0.1) is 0 Å². The van der Waals surface area contributed by atoms with Gasteiger partial charge in [-0.25, -0.2) is 13.2 Å². The largest absolute Gasteiger partial charge is 0.454 e. The molecular weight excluding hydrogens is 358 g/mol. The smallest absolute Gasteiger partial charge is 0.331 e. The predicted molar refractivity (Wildman–Crippen MR) is 96.2 cm³/mol. The molecule has 0 spiro atoms. The van der Waals surface area contributed by atoms with Gasteiger partial charge in [0, 0.05) is 11.6 Å². The highest BCUT2D eigenvalue weighted by Gasteiger charge is 2.31. The molecule has 1 aliphatic heterocycles. The molecular formula is C17H23N3O5S. The molecule has 1 aromatic rings. The average molecular weight is 381 g/mol. The fraction of sp³-hybridized carbons (Fsp3) is 0.471. The van der Waals surface area contributed by atoms with Crippen LogP contribution in [0.15, 0.2) is 34.2 Å². The molecule has 2 rings (SSSR count). The van der Waals surface area contributed by atoms with Crippen LogP contribution in [0.4, 0.5) is 0 Å². The van der Waals surface area contributed by atoms with Gasteiger partial charge in [-0.2, -0.15) is 0 Å². The van der Waals surface area contributed by atoms with Crippen LogP contribution in [0.5, 0.6) is 0 Å². The Morgan fingerprint density at radius 3 is 2.54 bits per heavy atom. The van der Waals surface area contributed by atoms with Crippen molar-refractivity contribution in [3.05, 3.63) is 29.8 Å². The van der Waals surface area contributed by atoms with Gasteiger partial charge in [-0.15, -0.1) is 0 Å². The van der Waals surface area contributed by atoms with Crippen LogP contribution in [0.2, 0.25) is 0 Å². The molecule has 2 N–H and O–H groups in total. The minimum Gasteiger partial charge on any atom is -0.454 e. The number of hydrogen-bond acceptors (Lipinski definition) is 6. The molecule has 0 radical (unpaired) electrons. The van der Waals surface area contributed by atoms with E-state index in [1.165, 1.54) is 13.0 Å². The van der Waals surface area contributed by atoms with Gasteiger partial charge in [0.1, 0.15) is 11.9 Å². The van der Waals surface area contributed by atoms with Crippen molar-refractivity contribution < 1.29 is 22.7 Å². The second-order valence-electron chi connectivity index (χ2n) is 5.94. The van der Waals surface area contributed by atoms with E-state index in [1.807, 2.05) is 13.8 Å². The zero-order valence-corrected chi connectivity index (χ0v) is 15.8. The van der Waals surface area contributed by atoms with E-state index in [2.05, 4.69) is 15.0 Å². The van der Waals surface area contributed by atoms with Gasteiger partial charge >= 0.3 is 5.97 Å². The molecule has 142 valence electrons. The SMILES string of the molecule is CCC(CC)NC(=O)COC(=O)C(C)N=C1NS(=O)(=O)c2ccccc21. The fourth-order valence-corrected chi connectivity index (χ4v) is 3.73. The van der Waals surface area contributed by atoms with Crippen molar-refractivity contribution in [1.82, 2.24) is 10.0 Å². The van der Waals surface area contributed by atoms with Gasteiger partial charge in [-0.1, -0.05) is 26.0 Å². The molecule has 1 heterocycles. The molecule has 1 amide bonds. The molecule has 1 atom stereocenters. The van der Waals surface area contributed by atoms with Crippen molar-refractivity contribution in [2.24, 2.45) is 4.99 Å². The number of benzene rings is 1. The number of carbonyl (C=O) groups excluding carboxylic acids is 2. The van der Waals surface area contributed by atoms with E-state index < -0.39 is 28.6 Å². The number of amides is 1. The quantitative estimate of drug-likeness (QED) is 0.683. The predicted octanol–water partition coefficient (Wildman–Crippen LogP) is 0.962. The lowest BCUT2D eigenvalue weighted by Crippen LogP contribution is -2.37. The number of carbonyl (C=O) groups is 2. The summed E-state index contributed by atoms with van der Waals surface area (Å²) in [6.07, 6.45) is 1.58. The standard InChI is InChI=1S/C17H23N3O5S/c1-4-12(5-2)19-15(21)10-25-17(22)11(3)18-16-13-8-6-7-9-14(13)26(23,24)20-16/h6-9,11-12H,4-5,10H2,1-3H3,(H,18,20)(H,19,21). The number of hydrogen-bond donors (Lipinski definition) is 2. The highest BCUT2D eigenvalue weighted by Crippen LogP contribution is 2.22. The summed E-state index contributed by atoms with van der Waals surface area (Å²) in [4.78, 5) is 28.0. The Hall–Kier alpha value is -2.42. The number of nitrogens with zero attached hydrogens (tertiary/aromatic N) is 1. The third-order valence-electron chi connectivity index (χ3n) is 4.02. The van der Waals surface area contributed by atoms with Gasteiger partial charge in [-0.05, 0) is 31.9 Å². The number of sulfonamides is 1. The van der Waals surface area contributed by atoms with Gasteiger partial charge < -0.3 is 10.1 Å². The highest BCUT2D eigenvalue weighted by molar-refractivity contribution is 7.90. The Bertz CT molecular complexity index is 815. The maximum absolute atomic E-state index is 12.0. The minimum atomic E-state index is -3.67. The summed E-state index contributed by atoms with van der Waals surface area (Å²) in [5, 5.41) is 2.76. The molecule has 9 heteroatoms. The summed E-state index contributed by atoms with van der Waals surface area (Å²) in [6.45, 7) is 4.99. The van der Waals surface area contributed by atoms with Crippen molar-refractivity contribution in [1.29, 1.82) is 0 Å². The summed E-state index contributed by atoms with van der Waals surface area (Å²) in [5.41, 5.74) is 0.402. The van der Waals surface area contributed by atoms with E-state index in [1.54, 1.807) is 18.2 Å². The van der Waals surface area contributed by atoms with Crippen molar-refractivity contribution in [2.75, 3.05) is 6.61 Å². The second kappa shape index (κ2) is 8.31. The zero-order chi connectivity index (χ0) is 19.3. The summed E-state index contributed by atoms with van der Waals surface area (Å²) < 4.78 is 31.3.